The first kappa shape index (κ1) is 14.2. The summed E-state index contributed by atoms with van der Waals surface area (Å²) in [4.78, 5) is 2.98. The Hall–Kier alpha value is -1.19. The topological polar surface area (TPSA) is 3.24 Å². The Balaban J connectivity index is 2.20. The predicted molar refractivity (Wildman–Crippen MR) is 88.5 cm³/mol. The first-order chi connectivity index (χ1) is 9.09. The number of hydrogen-bond acceptors (Lipinski definition) is 1. The molecule has 0 saturated carbocycles. The van der Waals surface area contributed by atoms with Gasteiger partial charge in [0.05, 0.1) is 0 Å². The van der Waals surface area contributed by atoms with Gasteiger partial charge >= 0.3 is 0 Å². The summed E-state index contributed by atoms with van der Waals surface area (Å²) in [5.41, 5.74) is 3.56. The van der Waals surface area contributed by atoms with E-state index in [1.165, 1.54) is 11.1 Å². The molecule has 0 aliphatic heterocycles. The fraction of sp³-hybridized carbons (Fsp3) is 0.188. The molecule has 2 aromatic rings. The minimum atomic E-state index is 0.820. The van der Waals surface area contributed by atoms with Gasteiger partial charge in [-0.2, -0.15) is 0 Å². The van der Waals surface area contributed by atoms with E-state index >= 15 is 0 Å². The third-order valence-electron chi connectivity index (χ3n) is 3.05. The molecule has 2 aromatic carbocycles. The maximum atomic E-state index is 5.61. The Kier molecular flexibility index (Phi) is 4.72. The van der Waals surface area contributed by atoms with E-state index in [0.717, 1.165) is 21.6 Å². The molecule has 19 heavy (non-hydrogen) atoms. The van der Waals surface area contributed by atoms with Crippen LogP contribution in [0.15, 0.2) is 53.0 Å². The van der Waals surface area contributed by atoms with E-state index in [-0.39, 0.29) is 0 Å². The summed E-state index contributed by atoms with van der Waals surface area (Å²) in [6.07, 6.45) is 0. The Bertz CT molecular complexity index is 560. The summed E-state index contributed by atoms with van der Waals surface area (Å²) in [6.45, 7) is 2.91. The van der Waals surface area contributed by atoms with Gasteiger partial charge in [0.25, 0.3) is 0 Å². The molecular formula is C16H16BrNS. The molecule has 0 radical (unpaired) electrons. The molecule has 0 saturated heterocycles. The van der Waals surface area contributed by atoms with Crippen LogP contribution in [0.5, 0.6) is 0 Å². The van der Waals surface area contributed by atoms with Gasteiger partial charge in [-0.15, -0.1) is 0 Å². The first-order valence-electron chi connectivity index (χ1n) is 6.14. The van der Waals surface area contributed by atoms with Crippen molar-refractivity contribution in [2.24, 2.45) is 0 Å². The van der Waals surface area contributed by atoms with Crippen LogP contribution in [0.1, 0.15) is 16.7 Å². The number of aryl methyl sites for hydroxylation is 1. The van der Waals surface area contributed by atoms with Gasteiger partial charge in [0.15, 0.2) is 0 Å². The van der Waals surface area contributed by atoms with Crippen molar-refractivity contribution in [2.75, 3.05) is 7.05 Å². The molecule has 1 nitrogen and oxygen atoms in total. The highest BCUT2D eigenvalue weighted by Crippen LogP contribution is 2.22. The molecule has 0 unspecified atom stereocenters. The van der Waals surface area contributed by atoms with Crippen molar-refractivity contribution in [3.05, 3.63) is 69.7 Å². The lowest BCUT2D eigenvalue weighted by molar-refractivity contribution is 0.510. The molecule has 2 rings (SSSR count). The standard InChI is InChI=1S/C16H16BrNS/c1-12-7-6-10-14(17)15(12)16(19)18(2)11-13-8-4-3-5-9-13/h3-10H,11H2,1-2H3. The molecular weight excluding hydrogens is 318 g/mol. The van der Waals surface area contributed by atoms with Gasteiger partial charge in [0.1, 0.15) is 4.99 Å². The Morgan fingerprint density at radius 2 is 1.79 bits per heavy atom. The summed E-state index contributed by atoms with van der Waals surface area (Å²) < 4.78 is 1.05. The average molecular weight is 334 g/mol. The van der Waals surface area contributed by atoms with Crippen LogP contribution in [0.4, 0.5) is 0 Å². The van der Waals surface area contributed by atoms with Crippen molar-refractivity contribution in [3.63, 3.8) is 0 Å². The second kappa shape index (κ2) is 6.31. The van der Waals surface area contributed by atoms with Gasteiger partial charge in [-0.1, -0.05) is 70.6 Å². The zero-order valence-corrected chi connectivity index (χ0v) is 13.5. The van der Waals surface area contributed by atoms with E-state index in [0.29, 0.717) is 0 Å². The summed E-state index contributed by atoms with van der Waals surface area (Å²) in [6, 6.07) is 16.5. The SMILES string of the molecule is Cc1cccc(Br)c1C(=S)N(C)Cc1ccccc1. The minimum Gasteiger partial charge on any atom is -0.361 e. The van der Waals surface area contributed by atoms with Gasteiger partial charge in [0, 0.05) is 23.6 Å². The molecule has 3 heteroatoms. The van der Waals surface area contributed by atoms with Crippen molar-refractivity contribution in [1.29, 1.82) is 0 Å². The highest BCUT2D eigenvalue weighted by atomic mass is 79.9. The third-order valence-corrected chi connectivity index (χ3v) is 4.22. The van der Waals surface area contributed by atoms with Crippen molar-refractivity contribution in [3.8, 4) is 0 Å². The van der Waals surface area contributed by atoms with Crippen LogP contribution in [0, 0.1) is 6.92 Å². The molecule has 98 valence electrons. The van der Waals surface area contributed by atoms with E-state index in [1.807, 2.05) is 25.2 Å². The summed E-state index contributed by atoms with van der Waals surface area (Å²) in [7, 11) is 2.04. The number of benzene rings is 2. The lowest BCUT2D eigenvalue weighted by Gasteiger charge is -2.22. The van der Waals surface area contributed by atoms with Crippen molar-refractivity contribution < 1.29 is 0 Å². The second-order valence-electron chi connectivity index (χ2n) is 4.58. The molecule has 0 spiro atoms. The first-order valence-corrected chi connectivity index (χ1v) is 7.34. The summed E-state index contributed by atoms with van der Waals surface area (Å²) in [5.74, 6) is 0. The Morgan fingerprint density at radius 1 is 1.11 bits per heavy atom. The van der Waals surface area contributed by atoms with Crippen molar-refractivity contribution in [2.45, 2.75) is 13.5 Å². The van der Waals surface area contributed by atoms with E-state index in [9.17, 15) is 0 Å². The molecule has 0 aliphatic rings. The summed E-state index contributed by atoms with van der Waals surface area (Å²) in [5, 5.41) is 0. The van der Waals surface area contributed by atoms with Gasteiger partial charge in [0.2, 0.25) is 0 Å². The highest BCUT2D eigenvalue weighted by molar-refractivity contribution is 9.10. The molecule has 0 N–H and O–H groups in total. The lowest BCUT2D eigenvalue weighted by Crippen LogP contribution is -2.26. The van der Waals surface area contributed by atoms with E-state index in [2.05, 4.69) is 58.1 Å². The molecule has 0 heterocycles. The van der Waals surface area contributed by atoms with Gasteiger partial charge in [-0.3, -0.25) is 0 Å². The van der Waals surface area contributed by atoms with Crippen LogP contribution in [-0.2, 0) is 6.54 Å². The Labute approximate surface area is 128 Å². The Morgan fingerprint density at radius 3 is 2.42 bits per heavy atom. The molecule has 0 amide bonds. The minimum absolute atomic E-state index is 0.820. The molecule has 0 atom stereocenters. The summed E-state index contributed by atoms with van der Waals surface area (Å²) >= 11 is 9.20. The van der Waals surface area contributed by atoms with Gasteiger partial charge in [-0.25, -0.2) is 0 Å². The monoisotopic (exact) mass is 333 g/mol. The van der Waals surface area contributed by atoms with Crippen molar-refractivity contribution in [1.82, 2.24) is 4.90 Å². The number of thiocarbonyl (C=S) groups is 1. The van der Waals surface area contributed by atoms with E-state index < -0.39 is 0 Å². The maximum absolute atomic E-state index is 5.61. The molecule has 0 bridgehead atoms. The number of halogens is 1. The number of nitrogens with zero attached hydrogens (tertiary/aromatic N) is 1. The third kappa shape index (κ3) is 3.43. The fourth-order valence-corrected chi connectivity index (χ4v) is 3.14. The quantitative estimate of drug-likeness (QED) is 0.757. The molecule has 0 aromatic heterocycles. The van der Waals surface area contributed by atoms with E-state index in [4.69, 9.17) is 12.2 Å². The zero-order chi connectivity index (χ0) is 13.8. The normalized spacial score (nSPS) is 10.3. The van der Waals surface area contributed by atoms with Crippen LogP contribution in [0.25, 0.3) is 0 Å². The van der Waals surface area contributed by atoms with Gasteiger partial charge < -0.3 is 4.90 Å². The van der Waals surface area contributed by atoms with Crippen LogP contribution in [0.2, 0.25) is 0 Å². The fourth-order valence-electron chi connectivity index (χ4n) is 2.02. The molecule has 0 fully saturated rings. The maximum Gasteiger partial charge on any atom is 0.110 e. The average Bonchev–Trinajstić information content (AvgIpc) is 2.39. The van der Waals surface area contributed by atoms with Crippen LogP contribution < -0.4 is 0 Å². The largest absolute Gasteiger partial charge is 0.361 e. The van der Waals surface area contributed by atoms with Crippen LogP contribution in [0.3, 0.4) is 0 Å². The lowest BCUT2D eigenvalue weighted by atomic mass is 10.1. The van der Waals surface area contributed by atoms with Crippen LogP contribution in [-0.4, -0.2) is 16.9 Å². The van der Waals surface area contributed by atoms with Gasteiger partial charge in [-0.05, 0) is 24.1 Å². The predicted octanol–water partition coefficient (Wildman–Crippen LogP) is 4.57. The van der Waals surface area contributed by atoms with Crippen LogP contribution >= 0.6 is 28.1 Å². The van der Waals surface area contributed by atoms with E-state index in [1.54, 1.807) is 0 Å². The smallest absolute Gasteiger partial charge is 0.110 e. The molecule has 0 aliphatic carbocycles. The number of rotatable bonds is 3. The second-order valence-corrected chi connectivity index (χ2v) is 5.82. The number of hydrogen-bond donors (Lipinski definition) is 0. The van der Waals surface area contributed by atoms with Crippen molar-refractivity contribution >= 4 is 33.1 Å². The zero-order valence-electron chi connectivity index (χ0n) is 11.1. The highest BCUT2D eigenvalue weighted by Gasteiger charge is 2.13.